The van der Waals surface area contributed by atoms with Crippen LogP contribution in [-0.2, 0) is 17.9 Å². The Bertz CT molecular complexity index is 1560. The largest absolute Gasteiger partial charge is 0.489 e. The predicted molar refractivity (Wildman–Crippen MR) is 144 cm³/mol. The van der Waals surface area contributed by atoms with Gasteiger partial charge in [-0.05, 0) is 60.2 Å². The number of nitriles is 1. The van der Waals surface area contributed by atoms with Gasteiger partial charge in [-0.25, -0.2) is 4.68 Å². The molecule has 5 rings (SSSR count). The third-order valence-corrected chi connectivity index (χ3v) is 5.81. The SMILES string of the molecule is N#C/C(=C\c1cn(-c2ccccc2)nc1-c1ccc(OCc2ccccc2)cc1)C(=O)NCc1ccco1. The van der Waals surface area contributed by atoms with Gasteiger partial charge in [-0.3, -0.25) is 4.79 Å². The van der Waals surface area contributed by atoms with Crippen LogP contribution in [0.3, 0.4) is 0 Å². The number of para-hydroxylation sites is 1. The van der Waals surface area contributed by atoms with Gasteiger partial charge in [0.1, 0.15) is 29.8 Å². The Morgan fingerprint density at radius 3 is 2.39 bits per heavy atom. The average molecular weight is 501 g/mol. The van der Waals surface area contributed by atoms with Crippen molar-refractivity contribution in [2.45, 2.75) is 13.2 Å². The van der Waals surface area contributed by atoms with Gasteiger partial charge in [-0.15, -0.1) is 0 Å². The van der Waals surface area contributed by atoms with Crippen LogP contribution in [0.15, 0.2) is 120 Å². The molecule has 0 saturated heterocycles. The van der Waals surface area contributed by atoms with E-state index >= 15 is 0 Å². The Hall–Kier alpha value is -5.35. The quantitative estimate of drug-likeness (QED) is 0.200. The Labute approximate surface area is 220 Å². The number of nitrogens with zero attached hydrogens (tertiary/aromatic N) is 3. The van der Waals surface area contributed by atoms with Crippen molar-refractivity contribution in [2.75, 3.05) is 0 Å². The van der Waals surface area contributed by atoms with Crippen molar-refractivity contribution in [3.05, 3.63) is 132 Å². The fourth-order valence-corrected chi connectivity index (χ4v) is 3.86. The van der Waals surface area contributed by atoms with Crippen LogP contribution in [0, 0.1) is 11.3 Å². The fourth-order valence-electron chi connectivity index (χ4n) is 3.86. The first-order chi connectivity index (χ1) is 18.7. The van der Waals surface area contributed by atoms with Crippen molar-refractivity contribution >= 4 is 12.0 Å². The second-order valence-corrected chi connectivity index (χ2v) is 8.44. The van der Waals surface area contributed by atoms with Gasteiger partial charge in [0.25, 0.3) is 5.91 Å². The number of rotatable bonds is 9. The van der Waals surface area contributed by atoms with Crippen LogP contribution in [0.5, 0.6) is 5.75 Å². The number of amides is 1. The first kappa shape index (κ1) is 24.3. The Kier molecular flexibility index (Phi) is 7.43. The maximum atomic E-state index is 12.7. The van der Waals surface area contributed by atoms with Gasteiger partial charge in [0.15, 0.2) is 0 Å². The van der Waals surface area contributed by atoms with E-state index < -0.39 is 5.91 Å². The maximum Gasteiger partial charge on any atom is 0.262 e. The molecule has 2 aromatic heterocycles. The molecule has 0 atom stereocenters. The minimum atomic E-state index is -0.494. The summed E-state index contributed by atoms with van der Waals surface area (Å²) in [5.74, 6) is 0.835. The number of aromatic nitrogens is 2. The lowest BCUT2D eigenvalue weighted by Crippen LogP contribution is -2.23. The summed E-state index contributed by atoms with van der Waals surface area (Å²) in [6.45, 7) is 0.654. The molecule has 7 heteroatoms. The van der Waals surface area contributed by atoms with Crippen LogP contribution in [-0.4, -0.2) is 15.7 Å². The van der Waals surface area contributed by atoms with E-state index in [9.17, 15) is 10.1 Å². The van der Waals surface area contributed by atoms with Gasteiger partial charge in [-0.2, -0.15) is 10.4 Å². The summed E-state index contributed by atoms with van der Waals surface area (Å²) >= 11 is 0. The molecule has 0 bridgehead atoms. The van der Waals surface area contributed by atoms with Crippen molar-refractivity contribution < 1.29 is 13.9 Å². The van der Waals surface area contributed by atoms with E-state index in [4.69, 9.17) is 14.3 Å². The first-order valence-electron chi connectivity index (χ1n) is 12.0. The molecule has 0 aliphatic rings. The number of carbonyl (C=O) groups is 1. The van der Waals surface area contributed by atoms with E-state index in [1.54, 1.807) is 22.9 Å². The number of benzene rings is 3. The van der Waals surface area contributed by atoms with Crippen molar-refractivity contribution in [1.82, 2.24) is 15.1 Å². The second-order valence-electron chi connectivity index (χ2n) is 8.44. The van der Waals surface area contributed by atoms with Gasteiger partial charge < -0.3 is 14.5 Å². The molecular weight excluding hydrogens is 476 g/mol. The van der Waals surface area contributed by atoms with Crippen molar-refractivity contribution in [3.63, 3.8) is 0 Å². The molecule has 1 amide bonds. The smallest absolute Gasteiger partial charge is 0.262 e. The molecule has 0 unspecified atom stereocenters. The lowest BCUT2D eigenvalue weighted by Gasteiger charge is -2.07. The predicted octanol–water partition coefficient (Wildman–Crippen LogP) is 5.93. The van der Waals surface area contributed by atoms with E-state index in [0.717, 1.165) is 22.6 Å². The summed E-state index contributed by atoms with van der Waals surface area (Å²) in [7, 11) is 0. The van der Waals surface area contributed by atoms with Gasteiger partial charge in [0.2, 0.25) is 0 Å². The lowest BCUT2D eigenvalue weighted by molar-refractivity contribution is -0.117. The highest BCUT2D eigenvalue weighted by molar-refractivity contribution is 6.02. The third kappa shape index (κ3) is 5.89. The average Bonchev–Trinajstić information content (AvgIpc) is 3.65. The van der Waals surface area contributed by atoms with Crippen LogP contribution >= 0.6 is 0 Å². The van der Waals surface area contributed by atoms with Gasteiger partial charge in [-0.1, -0.05) is 48.5 Å². The zero-order valence-corrected chi connectivity index (χ0v) is 20.5. The van der Waals surface area contributed by atoms with E-state index in [1.807, 2.05) is 97.2 Å². The topological polar surface area (TPSA) is 93.1 Å². The molecule has 0 spiro atoms. The number of nitrogens with one attached hydrogen (secondary N) is 1. The molecule has 0 radical (unpaired) electrons. The number of furan rings is 1. The number of hydrogen-bond donors (Lipinski definition) is 1. The van der Waals surface area contributed by atoms with Crippen LogP contribution in [0.2, 0.25) is 0 Å². The highest BCUT2D eigenvalue weighted by atomic mass is 16.5. The van der Waals surface area contributed by atoms with E-state index in [0.29, 0.717) is 23.6 Å². The summed E-state index contributed by atoms with van der Waals surface area (Å²) in [4.78, 5) is 12.7. The highest BCUT2D eigenvalue weighted by Gasteiger charge is 2.15. The maximum absolute atomic E-state index is 12.7. The van der Waals surface area contributed by atoms with E-state index in [-0.39, 0.29) is 12.1 Å². The number of hydrogen-bond acceptors (Lipinski definition) is 5. The highest BCUT2D eigenvalue weighted by Crippen LogP contribution is 2.28. The Morgan fingerprint density at radius 2 is 1.71 bits per heavy atom. The van der Waals surface area contributed by atoms with Crippen molar-refractivity contribution in [3.8, 4) is 28.8 Å². The standard InChI is InChI=1S/C31H24N4O3/c32-19-25(31(36)33-20-29-12-7-17-37-29)18-26-21-35(27-10-5-2-6-11-27)34-30(26)24-13-15-28(16-14-24)38-22-23-8-3-1-4-9-23/h1-18,21H,20,22H2,(H,33,36)/b25-18+. The first-order valence-corrected chi connectivity index (χ1v) is 12.0. The number of carbonyl (C=O) groups excluding carboxylic acids is 1. The summed E-state index contributed by atoms with van der Waals surface area (Å²) in [6.07, 6.45) is 4.89. The summed E-state index contributed by atoms with van der Waals surface area (Å²) in [6, 6.07) is 32.7. The molecule has 186 valence electrons. The molecule has 0 aliphatic carbocycles. The van der Waals surface area contributed by atoms with Gasteiger partial charge >= 0.3 is 0 Å². The molecular formula is C31H24N4O3. The number of ether oxygens (including phenoxy) is 1. The van der Waals surface area contributed by atoms with Gasteiger partial charge in [0, 0.05) is 17.3 Å². The summed E-state index contributed by atoms with van der Waals surface area (Å²) in [5.41, 5.74) is 4.00. The Balaban J connectivity index is 1.42. The molecule has 0 aliphatic heterocycles. The lowest BCUT2D eigenvalue weighted by atomic mass is 10.1. The van der Waals surface area contributed by atoms with E-state index in [1.165, 1.54) is 6.26 Å². The van der Waals surface area contributed by atoms with Crippen LogP contribution in [0.25, 0.3) is 23.0 Å². The molecule has 0 fully saturated rings. The van der Waals surface area contributed by atoms with Crippen LogP contribution < -0.4 is 10.1 Å². The molecule has 5 aromatic rings. The van der Waals surface area contributed by atoms with E-state index in [2.05, 4.69) is 5.32 Å². The molecule has 3 aromatic carbocycles. The van der Waals surface area contributed by atoms with Crippen LogP contribution in [0.4, 0.5) is 0 Å². The third-order valence-electron chi connectivity index (χ3n) is 5.81. The molecule has 7 nitrogen and oxygen atoms in total. The van der Waals surface area contributed by atoms with Crippen molar-refractivity contribution in [2.24, 2.45) is 0 Å². The molecule has 1 N–H and O–H groups in total. The monoisotopic (exact) mass is 500 g/mol. The summed E-state index contributed by atoms with van der Waals surface area (Å²) < 4.78 is 12.9. The normalized spacial score (nSPS) is 11.1. The van der Waals surface area contributed by atoms with Crippen molar-refractivity contribution in [1.29, 1.82) is 5.26 Å². The Morgan fingerprint density at radius 1 is 0.974 bits per heavy atom. The minimum absolute atomic E-state index is 0.0340. The molecule has 2 heterocycles. The van der Waals surface area contributed by atoms with Gasteiger partial charge in [0.05, 0.1) is 24.2 Å². The molecule has 0 saturated carbocycles. The zero-order chi connectivity index (χ0) is 26.2. The second kappa shape index (κ2) is 11.6. The fraction of sp³-hybridized carbons (Fsp3) is 0.0645. The minimum Gasteiger partial charge on any atom is -0.489 e. The molecule has 38 heavy (non-hydrogen) atoms. The van der Waals surface area contributed by atoms with Crippen LogP contribution in [0.1, 0.15) is 16.9 Å². The zero-order valence-electron chi connectivity index (χ0n) is 20.5. The summed E-state index contributed by atoms with van der Waals surface area (Å²) in [5, 5.41) is 17.2.